The molecule has 78 valence electrons. The molecule has 0 fully saturated rings. The minimum atomic E-state index is 1.05. The molecule has 1 aliphatic rings. The van der Waals surface area contributed by atoms with Gasteiger partial charge in [-0.15, -0.1) is 0 Å². The third kappa shape index (κ3) is 2.92. The minimum absolute atomic E-state index is 1.05. The molecule has 0 unspecified atom stereocenters. The maximum absolute atomic E-state index is 4.33. The summed E-state index contributed by atoms with van der Waals surface area (Å²) in [6, 6.07) is 10.4. The van der Waals surface area contributed by atoms with Gasteiger partial charge < -0.3 is 9.84 Å². The van der Waals surface area contributed by atoms with Crippen molar-refractivity contribution >= 4 is 0 Å². The number of hydrogen-bond acceptors (Lipinski definition) is 3. The number of hydrogen-bond donors (Lipinski definition) is 1. The van der Waals surface area contributed by atoms with Crippen LogP contribution in [0.3, 0.4) is 0 Å². The SMILES string of the molecule is c1ccc2c(c1)CCNC2.c1cnoc1. The maximum Gasteiger partial charge on any atom is 0.123 e. The first kappa shape index (κ1) is 9.93. The van der Waals surface area contributed by atoms with Crippen molar-refractivity contribution in [1.82, 2.24) is 10.5 Å². The van der Waals surface area contributed by atoms with Gasteiger partial charge in [0, 0.05) is 6.54 Å². The summed E-state index contributed by atoms with van der Waals surface area (Å²) in [5, 5.41) is 6.69. The van der Waals surface area contributed by atoms with Crippen LogP contribution in [-0.2, 0) is 13.0 Å². The Balaban J connectivity index is 0.000000144. The molecule has 0 spiro atoms. The van der Waals surface area contributed by atoms with Crippen molar-refractivity contribution in [3.05, 3.63) is 53.9 Å². The van der Waals surface area contributed by atoms with E-state index in [0.29, 0.717) is 0 Å². The van der Waals surface area contributed by atoms with Gasteiger partial charge in [-0.05, 0) is 30.2 Å². The quantitative estimate of drug-likeness (QED) is 0.710. The molecule has 1 aliphatic heterocycles. The molecule has 1 aromatic heterocycles. The van der Waals surface area contributed by atoms with Crippen LogP contribution in [0.25, 0.3) is 0 Å². The van der Waals surface area contributed by atoms with Crippen LogP contribution >= 0.6 is 0 Å². The van der Waals surface area contributed by atoms with Crippen LogP contribution < -0.4 is 5.32 Å². The first-order valence-electron chi connectivity index (χ1n) is 5.08. The molecule has 0 saturated carbocycles. The second-order valence-corrected chi connectivity index (χ2v) is 3.38. The molecule has 1 aromatic carbocycles. The second-order valence-electron chi connectivity index (χ2n) is 3.38. The van der Waals surface area contributed by atoms with Crippen molar-refractivity contribution in [2.45, 2.75) is 13.0 Å². The first-order chi connectivity index (χ1) is 7.47. The Bertz CT molecular complexity index is 342. The van der Waals surface area contributed by atoms with Crippen LogP contribution in [0.4, 0.5) is 0 Å². The van der Waals surface area contributed by atoms with Crippen LogP contribution in [-0.4, -0.2) is 11.7 Å². The summed E-state index contributed by atoms with van der Waals surface area (Å²) in [5.74, 6) is 0. The van der Waals surface area contributed by atoms with Gasteiger partial charge in [-0.25, -0.2) is 0 Å². The number of nitrogens with one attached hydrogen (secondary N) is 1. The summed E-state index contributed by atoms with van der Waals surface area (Å²) in [7, 11) is 0. The van der Waals surface area contributed by atoms with E-state index in [0.717, 1.165) is 13.1 Å². The molecule has 15 heavy (non-hydrogen) atoms. The van der Waals surface area contributed by atoms with Crippen LogP contribution in [0.2, 0.25) is 0 Å². The standard InChI is InChI=1S/C9H11N.C3H3NO/c1-2-4-9-7-10-6-5-8(9)3-1;1-2-4-5-3-1/h1-4,10H,5-7H2;1-3H. The molecule has 0 bridgehead atoms. The van der Waals surface area contributed by atoms with Crippen molar-refractivity contribution < 1.29 is 4.52 Å². The highest BCUT2D eigenvalue weighted by Gasteiger charge is 2.05. The molecular formula is C12H14N2O. The van der Waals surface area contributed by atoms with Gasteiger partial charge in [0.1, 0.15) is 6.26 Å². The molecule has 0 atom stereocenters. The zero-order valence-corrected chi connectivity index (χ0v) is 8.52. The molecule has 3 heteroatoms. The Morgan fingerprint density at radius 1 is 1.13 bits per heavy atom. The highest BCUT2D eigenvalue weighted by molar-refractivity contribution is 5.28. The van der Waals surface area contributed by atoms with E-state index in [4.69, 9.17) is 0 Å². The second kappa shape index (κ2) is 5.32. The predicted octanol–water partition coefficient (Wildman–Crippen LogP) is 2.01. The van der Waals surface area contributed by atoms with Gasteiger partial charge in [0.2, 0.25) is 0 Å². The van der Waals surface area contributed by atoms with E-state index < -0.39 is 0 Å². The molecule has 3 nitrogen and oxygen atoms in total. The Morgan fingerprint density at radius 3 is 2.60 bits per heavy atom. The van der Waals surface area contributed by atoms with E-state index >= 15 is 0 Å². The zero-order chi connectivity index (χ0) is 10.3. The summed E-state index contributed by atoms with van der Waals surface area (Å²) in [5.41, 5.74) is 2.98. The number of nitrogens with zero attached hydrogens (tertiary/aromatic N) is 1. The van der Waals surface area contributed by atoms with Gasteiger partial charge in [-0.3, -0.25) is 0 Å². The van der Waals surface area contributed by atoms with Crippen molar-refractivity contribution in [3.8, 4) is 0 Å². The van der Waals surface area contributed by atoms with Gasteiger partial charge in [-0.1, -0.05) is 29.4 Å². The Morgan fingerprint density at radius 2 is 2.00 bits per heavy atom. The third-order valence-corrected chi connectivity index (χ3v) is 2.35. The van der Waals surface area contributed by atoms with Gasteiger partial charge in [0.05, 0.1) is 6.20 Å². The molecule has 2 aromatic rings. The number of rotatable bonds is 0. The topological polar surface area (TPSA) is 38.1 Å². The average Bonchev–Trinajstić information content (AvgIpc) is 2.88. The smallest absolute Gasteiger partial charge is 0.123 e. The van der Waals surface area contributed by atoms with Crippen molar-refractivity contribution in [2.24, 2.45) is 0 Å². The lowest BCUT2D eigenvalue weighted by molar-refractivity contribution is 0.420. The molecule has 1 N–H and O–H groups in total. The van der Waals surface area contributed by atoms with Crippen molar-refractivity contribution in [3.63, 3.8) is 0 Å². The monoisotopic (exact) mass is 202 g/mol. The molecule has 0 radical (unpaired) electrons. The van der Waals surface area contributed by atoms with E-state index in [1.165, 1.54) is 23.8 Å². The van der Waals surface area contributed by atoms with Crippen LogP contribution in [0.1, 0.15) is 11.1 Å². The van der Waals surface area contributed by atoms with Crippen molar-refractivity contribution in [2.75, 3.05) is 6.54 Å². The van der Waals surface area contributed by atoms with Crippen LogP contribution in [0.5, 0.6) is 0 Å². The summed E-state index contributed by atoms with van der Waals surface area (Å²) >= 11 is 0. The average molecular weight is 202 g/mol. The van der Waals surface area contributed by atoms with Crippen molar-refractivity contribution in [1.29, 1.82) is 0 Å². The lowest BCUT2D eigenvalue weighted by Crippen LogP contribution is -2.23. The Kier molecular flexibility index (Phi) is 3.52. The zero-order valence-electron chi connectivity index (χ0n) is 8.52. The molecule has 0 saturated heterocycles. The molecule has 3 rings (SSSR count). The lowest BCUT2D eigenvalue weighted by Gasteiger charge is -2.15. The summed E-state index contributed by atoms with van der Waals surface area (Å²) in [6.45, 7) is 2.19. The van der Waals surface area contributed by atoms with E-state index in [-0.39, 0.29) is 0 Å². The molecule has 2 heterocycles. The fraction of sp³-hybridized carbons (Fsp3) is 0.250. The fourth-order valence-electron chi connectivity index (χ4n) is 1.60. The van der Waals surface area contributed by atoms with Crippen LogP contribution in [0.15, 0.2) is 47.3 Å². The van der Waals surface area contributed by atoms with E-state index in [1.54, 1.807) is 12.3 Å². The normalized spacial score (nSPS) is 13.6. The van der Waals surface area contributed by atoms with Gasteiger partial charge in [0.15, 0.2) is 0 Å². The summed E-state index contributed by atoms with van der Waals surface area (Å²) in [4.78, 5) is 0. The molecule has 0 aliphatic carbocycles. The fourth-order valence-corrected chi connectivity index (χ4v) is 1.60. The number of aromatic nitrogens is 1. The highest BCUT2D eigenvalue weighted by Crippen LogP contribution is 2.11. The summed E-state index contributed by atoms with van der Waals surface area (Å²) < 4.78 is 4.33. The highest BCUT2D eigenvalue weighted by atomic mass is 16.5. The third-order valence-electron chi connectivity index (χ3n) is 2.35. The lowest BCUT2D eigenvalue weighted by atomic mass is 10.0. The van der Waals surface area contributed by atoms with Gasteiger partial charge in [-0.2, -0.15) is 0 Å². The van der Waals surface area contributed by atoms with E-state index in [9.17, 15) is 0 Å². The van der Waals surface area contributed by atoms with Gasteiger partial charge >= 0.3 is 0 Å². The largest absolute Gasteiger partial charge is 0.365 e. The van der Waals surface area contributed by atoms with Crippen LogP contribution in [0, 0.1) is 0 Å². The predicted molar refractivity (Wildman–Crippen MR) is 58.4 cm³/mol. The van der Waals surface area contributed by atoms with E-state index in [2.05, 4.69) is 39.3 Å². The molecule has 0 amide bonds. The minimum Gasteiger partial charge on any atom is -0.365 e. The summed E-state index contributed by atoms with van der Waals surface area (Å²) in [6.07, 6.45) is 4.29. The Hall–Kier alpha value is -1.61. The number of benzene rings is 1. The first-order valence-corrected chi connectivity index (χ1v) is 5.08. The maximum atomic E-state index is 4.33. The van der Waals surface area contributed by atoms with E-state index in [1.807, 2.05) is 0 Å². The Labute approximate surface area is 89.1 Å². The van der Waals surface area contributed by atoms with Gasteiger partial charge in [0.25, 0.3) is 0 Å². The number of fused-ring (bicyclic) bond motifs is 1. The molecular weight excluding hydrogens is 188 g/mol.